The number of hydrogen-bond donors (Lipinski definition) is 1. The normalized spacial score (nSPS) is 14.2. The van der Waals surface area contributed by atoms with Gasteiger partial charge in [0.1, 0.15) is 13.2 Å². The summed E-state index contributed by atoms with van der Waals surface area (Å²) < 4.78 is 11.2. The van der Waals surface area contributed by atoms with E-state index in [1.54, 1.807) is 0 Å². The van der Waals surface area contributed by atoms with Crippen molar-refractivity contribution in [2.75, 3.05) is 13.2 Å². The van der Waals surface area contributed by atoms with Gasteiger partial charge in [0, 0.05) is 12.6 Å². The number of fused-ring (bicyclic) bond motifs is 1. The Hall–Kier alpha value is -2.51. The number of nitriles is 1. The monoisotopic (exact) mass is 294 g/mol. The fourth-order valence-corrected chi connectivity index (χ4v) is 2.47. The van der Waals surface area contributed by atoms with Crippen LogP contribution in [0.25, 0.3) is 0 Å². The first-order valence-electron chi connectivity index (χ1n) is 7.38. The van der Waals surface area contributed by atoms with Crippen molar-refractivity contribution in [2.24, 2.45) is 0 Å². The van der Waals surface area contributed by atoms with Crippen molar-refractivity contribution in [2.45, 2.75) is 19.5 Å². The minimum Gasteiger partial charge on any atom is -0.486 e. The largest absolute Gasteiger partial charge is 0.486 e. The minimum atomic E-state index is 0.182. The van der Waals surface area contributed by atoms with Crippen LogP contribution in [-0.4, -0.2) is 13.2 Å². The molecular weight excluding hydrogens is 276 g/mol. The molecule has 0 spiro atoms. The maximum Gasteiger partial charge on any atom is 0.161 e. The zero-order valence-corrected chi connectivity index (χ0v) is 12.5. The second-order valence-electron chi connectivity index (χ2n) is 5.32. The second-order valence-corrected chi connectivity index (χ2v) is 5.32. The third-order valence-corrected chi connectivity index (χ3v) is 3.73. The number of ether oxygens (including phenoxy) is 2. The summed E-state index contributed by atoms with van der Waals surface area (Å²) in [6, 6.07) is 16.0. The molecule has 4 heteroatoms. The van der Waals surface area contributed by atoms with Crippen molar-refractivity contribution in [1.82, 2.24) is 5.32 Å². The Kier molecular flexibility index (Phi) is 4.27. The molecule has 0 saturated carbocycles. The van der Waals surface area contributed by atoms with E-state index in [0.717, 1.165) is 22.6 Å². The molecular formula is C18H18N2O2. The van der Waals surface area contributed by atoms with Gasteiger partial charge < -0.3 is 14.8 Å². The Balaban J connectivity index is 1.66. The van der Waals surface area contributed by atoms with Gasteiger partial charge in [0.05, 0.1) is 11.6 Å². The van der Waals surface area contributed by atoms with Gasteiger partial charge in [-0.15, -0.1) is 0 Å². The molecule has 0 saturated heterocycles. The molecule has 0 unspecified atom stereocenters. The summed E-state index contributed by atoms with van der Waals surface area (Å²) in [7, 11) is 0. The quantitative estimate of drug-likeness (QED) is 0.941. The highest BCUT2D eigenvalue weighted by Gasteiger charge is 2.14. The number of hydrogen-bond acceptors (Lipinski definition) is 4. The van der Waals surface area contributed by atoms with Crippen molar-refractivity contribution in [3.05, 3.63) is 59.2 Å². The van der Waals surface area contributed by atoms with Crippen molar-refractivity contribution >= 4 is 0 Å². The smallest absolute Gasteiger partial charge is 0.161 e. The summed E-state index contributed by atoms with van der Waals surface area (Å²) in [4.78, 5) is 0. The standard InChI is InChI=1S/C18H18N2O2/c1-13(20-12-15-4-2-3-14(9-15)11-19)16-5-6-17-18(10-16)22-8-7-21-17/h2-6,9-10,13,20H,7-8,12H2,1H3/t13-/m1/s1. The summed E-state index contributed by atoms with van der Waals surface area (Å²) in [5.74, 6) is 1.62. The lowest BCUT2D eigenvalue weighted by Gasteiger charge is -2.21. The lowest BCUT2D eigenvalue weighted by Crippen LogP contribution is -2.19. The molecule has 22 heavy (non-hydrogen) atoms. The second kappa shape index (κ2) is 6.50. The summed E-state index contributed by atoms with van der Waals surface area (Å²) in [6.45, 7) is 4.03. The first-order valence-corrected chi connectivity index (χ1v) is 7.38. The van der Waals surface area contributed by atoms with Crippen LogP contribution >= 0.6 is 0 Å². The SMILES string of the molecule is C[C@@H](NCc1cccc(C#N)c1)c1ccc2c(c1)OCCO2. The van der Waals surface area contributed by atoms with Gasteiger partial charge in [-0.3, -0.25) is 0 Å². The fraction of sp³-hybridized carbons (Fsp3) is 0.278. The molecule has 1 aliphatic heterocycles. The van der Waals surface area contributed by atoms with E-state index in [4.69, 9.17) is 14.7 Å². The number of benzene rings is 2. The van der Waals surface area contributed by atoms with Crippen LogP contribution in [-0.2, 0) is 6.54 Å². The number of nitrogens with one attached hydrogen (secondary N) is 1. The van der Waals surface area contributed by atoms with Gasteiger partial charge >= 0.3 is 0 Å². The molecule has 0 bridgehead atoms. The summed E-state index contributed by atoms with van der Waals surface area (Å²) in [5.41, 5.74) is 2.94. The Morgan fingerprint density at radius 1 is 1.14 bits per heavy atom. The van der Waals surface area contributed by atoms with Gasteiger partial charge in [0.15, 0.2) is 11.5 Å². The maximum absolute atomic E-state index is 8.93. The van der Waals surface area contributed by atoms with Crippen molar-refractivity contribution < 1.29 is 9.47 Å². The van der Waals surface area contributed by atoms with Gasteiger partial charge in [0.25, 0.3) is 0 Å². The lowest BCUT2D eigenvalue weighted by atomic mass is 10.1. The van der Waals surface area contributed by atoms with Crippen LogP contribution in [0.3, 0.4) is 0 Å². The highest BCUT2D eigenvalue weighted by Crippen LogP contribution is 2.32. The summed E-state index contributed by atoms with van der Waals surface area (Å²) >= 11 is 0. The Morgan fingerprint density at radius 2 is 1.95 bits per heavy atom. The van der Waals surface area contributed by atoms with Crippen LogP contribution in [0.1, 0.15) is 29.7 Å². The average molecular weight is 294 g/mol. The Labute approximate surface area is 130 Å². The van der Waals surface area contributed by atoms with Crippen molar-refractivity contribution in [3.8, 4) is 17.6 Å². The van der Waals surface area contributed by atoms with Gasteiger partial charge in [-0.05, 0) is 42.3 Å². The highest BCUT2D eigenvalue weighted by atomic mass is 16.6. The zero-order valence-electron chi connectivity index (χ0n) is 12.5. The minimum absolute atomic E-state index is 0.182. The summed E-state index contributed by atoms with van der Waals surface area (Å²) in [5, 5.41) is 12.4. The van der Waals surface area contributed by atoms with E-state index in [1.165, 1.54) is 0 Å². The van der Waals surface area contributed by atoms with Crippen LogP contribution in [0.4, 0.5) is 0 Å². The van der Waals surface area contributed by atoms with Crippen LogP contribution in [0.15, 0.2) is 42.5 Å². The molecule has 1 heterocycles. The molecule has 3 rings (SSSR count). The average Bonchev–Trinajstić information content (AvgIpc) is 2.59. The van der Waals surface area contributed by atoms with E-state index in [0.29, 0.717) is 25.3 Å². The Morgan fingerprint density at radius 3 is 2.77 bits per heavy atom. The predicted octanol–water partition coefficient (Wildman–Crippen LogP) is 3.18. The molecule has 112 valence electrons. The molecule has 2 aromatic rings. The topological polar surface area (TPSA) is 54.3 Å². The number of rotatable bonds is 4. The molecule has 0 aromatic heterocycles. The molecule has 0 amide bonds. The van der Waals surface area contributed by atoms with Gasteiger partial charge in [-0.1, -0.05) is 18.2 Å². The molecule has 1 atom stereocenters. The first-order chi connectivity index (χ1) is 10.8. The van der Waals surface area contributed by atoms with Crippen molar-refractivity contribution in [3.63, 3.8) is 0 Å². The molecule has 0 fully saturated rings. The fourth-order valence-electron chi connectivity index (χ4n) is 2.47. The lowest BCUT2D eigenvalue weighted by molar-refractivity contribution is 0.171. The molecule has 0 aliphatic carbocycles. The van der Waals surface area contributed by atoms with E-state index in [2.05, 4.69) is 24.4 Å². The molecule has 1 N–H and O–H groups in total. The maximum atomic E-state index is 8.93. The van der Waals surface area contributed by atoms with Gasteiger partial charge in [-0.25, -0.2) is 0 Å². The van der Waals surface area contributed by atoms with E-state index in [1.807, 2.05) is 36.4 Å². The molecule has 1 aliphatic rings. The van der Waals surface area contributed by atoms with Gasteiger partial charge in [-0.2, -0.15) is 5.26 Å². The van der Waals surface area contributed by atoms with Crippen LogP contribution in [0, 0.1) is 11.3 Å². The zero-order chi connectivity index (χ0) is 15.4. The predicted molar refractivity (Wildman–Crippen MR) is 83.8 cm³/mol. The van der Waals surface area contributed by atoms with E-state index < -0.39 is 0 Å². The highest BCUT2D eigenvalue weighted by molar-refractivity contribution is 5.44. The summed E-state index contributed by atoms with van der Waals surface area (Å²) in [6.07, 6.45) is 0. The van der Waals surface area contributed by atoms with Crippen LogP contribution in [0.5, 0.6) is 11.5 Å². The molecule has 0 radical (unpaired) electrons. The van der Waals surface area contributed by atoms with Crippen molar-refractivity contribution in [1.29, 1.82) is 5.26 Å². The third kappa shape index (κ3) is 3.21. The van der Waals surface area contributed by atoms with E-state index in [-0.39, 0.29) is 6.04 Å². The molecule has 4 nitrogen and oxygen atoms in total. The Bertz CT molecular complexity index is 706. The molecule has 2 aromatic carbocycles. The number of nitrogens with zero attached hydrogens (tertiary/aromatic N) is 1. The van der Waals surface area contributed by atoms with E-state index in [9.17, 15) is 0 Å². The van der Waals surface area contributed by atoms with E-state index >= 15 is 0 Å². The third-order valence-electron chi connectivity index (χ3n) is 3.73. The van der Waals surface area contributed by atoms with Crippen LogP contribution < -0.4 is 14.8 Å². The van der Waals surface area contributed by atoms with Gasteiger partial charge in [0.2, 0.25) is 0 Å². The first kappa shape index (κ1) is 14.4. The van der Waals surface area contributed by atoms with Crippen LogP contribution in [0.2, 0.25) is 0 Å².